The summed E-state index contributed by atoms with van der Waals surface area (Å²) >= 11 is 0. The maximum absolute atomic E-state index is 11.3. The SMILES string of the molecule is [NH3+]CCCCCC(=O)NCCCCCC(=O)O. The van der Waals surface area contributed by atoms with Gasteiger partial charge in [0, 0.05) is 19.4 Å². The summed E-state index contributed by atoms with van der Waals surface area (Å²) < 4.78 is 0. The van der Waals surface area contributed by atoms with Crippen LogP contribution in [0.2, 0.25) is 0 Å². The number of carbonyl (C=O) groups excluding carboxylic acids is 1. The Morgan fingerprint density at radius 3 is 2.24 bits per heavy atom. The maximum atomic E-state index is 11.3. The molecule has 0 fully saturated rings. The minimum Gasteiger partial charge on any atom is -0.481 e. The van der Waals surface area contributed by atoms with Gasteiger partial charge in [0.15, 0.2) is 0 Å². The van der Waals surface area contributed by atoms with Gasteiger partial charge in [-0.05, 0) is 32.1 Å². The number of nitrogens with one attached hydrogen (secondary N) is 1. The van der Waals surface area contributed by atoms with E-state index in [4.69, 9.17) is 5.11 Å². The molecule has 0 atom stereocenters. The van der Waals surface area contributed by atoms with Crippen LogP contribution in [0.5, 0.6) is 0 Å². The van der Waals surface area contributed by atoms with Gasteiger partial charge < -0.3 is 16.2 Å². The number of unbranched alkanes of at least 4 members (excludes halogenated alkanes) is 4. The first kappa shape index (κ1) is 15.9. The largest absolute Gasteiger partial charge is 0.481 e. The highest BCUT2D eigenvalue weighted by atomic mass is 16.4. The molecule has 0 spiro atoms. The molecule has 0 aromatic rings. The molecule has 0 radical (unpaired) electrons. The van der Waals surface area contributed by atoms with Gasteiger partial charge in [0.25, 0.3) is 0 Å². The topological polar surface area (TPSA) is 94.0 Å². The Bertz CT molecular complexity index is 220. The average Bonchev–Trinajstić information content (AvgIpc) is 2.29. The number of carbonyl (C=O) groups is 2. The summed E-state index contributed by atoms with van der Waals surface area (Å²) in [6.45, 7) is 1.60. The smallest absolute Gasteiger partial charge is 0.303 e. The van der Waals surface area contributed by atoms with Crippen LogP contribution in [0.3, 0.4) is 0 Å². The molecule has 0 bridgehead atoms. The molecule has 1 amide bonds. The molecule has 0 heterocycles. The molecule has 0 unspecified atom stereocenters. The molecule has 0 aromatic heterocycles. The van der Waals surface area contributed by atoms with Gasteiger partial charge in [0.2, 0.25) is 5.91 Å². The number of rotatable bonds is 11. The molecule has 0 aromatic carbocycles. The fourth-order valence-corrected chi connectivity index (χ4v) is 1.53. The van der Waals surface area contributed by atoms with Gasteiger partial charge in [0.05, 0.1) is 6.54 Å². The van der Waals surface area contributed by atoms with Crippen molar-refractivity contribution in [1.29, 1.82) is 0 Å². The van der Waals surface area contributed by atoms with Crippen molar-refractivity contribution in [1.82, 2.24) is 5.32 Å². The lowest BCUT2D eigenvalue weighted by Crippen LogP contribution is -2.50. The van der Waals surface area contributed by atoms with E-state index in [1.807, 2.05) is 0 Å². The molecule has 0 aliphatic carbocycles. The first-order valence-corrected chi connectivity index (χ1v) is 6.44. The van der Waals surface area contributed by atoms with E-state index in [-0.39, 0.29) is 12.3 Å². The van der Waals surface area contributed by atoms with Gasteiger partial charge in [-0.2, -0.15) is 0 Å². The second-order valence-corrected chi connectivity index (χ2v) is 4.22. The van der Waals surface area contributed by atoms with Crippen LogP contribution < -0.4 is 11.1 Å². The number of hydrogen-bond acceptors (Lipinski definition) is 2. The summed E-state index contributed by atoms with van der Waals surface area (Å²) in [7, 11) is 0. The Morgan fingerprint density at radius 1 is 0.941 bits per heavy atom. The van der Waals surface area contributed by atoms with E-state index in [1.165, 1.54) is 0 Å². The zero-order valence-electron chi connectivity index (χ0n) is 10.5. The monoisotopic (exact) mass is 245 g/mol. The van der Waals surface area contributed by atoms with E-state index in [2.05, 4.69) is 11.1 Å². The van der Waals surface area contributed by atoms with E-state index in [9.17, 15) is 9.59 Å². The van der Waals surface area contributed by atoms with Crippen LogP contribution in [0, 0.1) is 0 Å². The lowest BCUT2D eigenvalue weighted by Gasteiger charge is -2.04. The molecule has 5 N–H and O–H groups in total. The van der Waals surface area contributed by atoms with Crippen LogP contribution in [-0.2, 0) is 9.59 Å². The van der Waals surface area contributed by atoms with Crippen LogP contribution in [0.15, 0.2) is 0 Å². The van der Waals surface area contributed by atoms with Crippen molar-refractivity contribution in [2.75, 3.05) is 13.1 Å². The number of carboxylic acids is 1. The Labute approximate surface area is 103 Å². The molecule has 0 aliphatic heterocycles. The van der Waals surface area contributed by atoms with Crippen LogP contribution in [-0.4, -0.2) is 30.1 Å². The Morgan fingerprint density at radius 2 is 1.59 bits per heavy atom. The number of aliphatic carboxylic acids is 1. The Hall–Kier alpha value is -1.10. The minimum absolute atomic E-state index is 0.104. The van der Waals surface area contributed by atoms with Crippen molar-refractivity contribution < 1.29 is 20.4 Å². The first-order valence-electron chi connectivity index (χ1n) is 6.44. The summed E-state index contributed by atoms with van der Waals surface area (Å²) in [6.07, 6.45) is 6.30. The number of amides is 1. The summed E-state index contributed by atoms with van der Waals surface area (Å²) in [5, 5.41) is 11.3. The summed E-state index contributed by atoms with van der Waals surface area (Å²) in [6, 6.07) is 0. The highest BCUT2D eigenvalue weighted by Gasteiger charge is 2.00. The van der Waals surface area contributed by atoms with E-state index in [1.54, 1.807) is 0 Å². The van der Waals surface area contributed by atoms with Crippen molar-refractivity contribution in [3.63, 3.8) is 0 Å². The summed E-state index contributed by atoms with van der Waals surface area (Å²) in [5.41, 5.74) is 3.75. The molecule has 100 valence electrons. The molecule has 0 saturated carbocycles. The highest BCUT2D eigenvalue weighted by molar-refractivity contribution is 5.75. The Kier molecular flexibility index (Phi) is 10.7. The van der Waals surface area contributed by atoms with Crippen molar-refractivity contribution in [2.24, 2.45) is 0 Å². The molecule has 0 saturated heterocycles. The Balaban J connectivity index is 3.19. The fraction of sp³-hybridized carbons (Fsp3) is 0.833. The van der Waals surface area contributed by atoms with Crippen molar-refractivity contribution in [3.8, 4) is 0 Å². The molecule has 17 heavy (non-hydrogen) atoms. The number of quaternary nitrogens is 1. The number of hydrogen-bond donors (Lipinski definition) is 3. The second-order valence-electron chi connectivity index (χ2n) is 4.22. The second kappa shape index (κ2) is 11.4. The van der Waals surface area contributed by atoms with Gasteiger partial charge in [-0.3, -0.25) is 9.59 Å². The van der Waals surface area contributed by atoms with Crippen molar-refractivity contribution in [3.05, 3.63) is 0 Å². The van der Waals surface area contributed by atoms with Crippen LogP contribution in [0.4, 0.5) is 0 Å². The van der Waals surface area contributed by atoms with Gasteiger partial charge in [-0.1, -0.05) is 6.42 Å². The third-order valence-corrected chi connectivity index (χ3v) is 2.54. The quantitative estimate of drug-likeness (QED) is 0.464. The first-order chi connectivity index (χ1) is 8.16. The zero-order chi connectivity index (χ0) is 12.9. The lowest BCUT2D eigenvalue weighted by atomic mass is 10.1. The van der Waals surface area contributed by atoms with Crippen molar-refractivity contribution >= 4 is 11.9 Å². The van der Waals surface area contributed by atoms with Gasteiger partial charge in [-0.15, -0.1) is 0 Å². The van der Waals surface area contributed by atoms with Crippen molar-refractivity contribution in [2.45, 2.75) is 51.4 Å². The van der Waals surface area contributed by atoms with Crippen LogP contribution in [0.25, 0.3) is 0 Å². The third-order valence-electron chi connectivity index (χ3n) is 2.54. The molecular formula is C12H25N2O3+. The standard InChI is InChI=1S/C12H24N2O3/c13-9-5-1-3-7-11(15)14-10-6-2-4-8-12(16)17/h1-10,13H2,(H,14,15)(H,16,17)/p+1. The maximum Gasteiger partial charge on any atom is 0.303 e. The highest BCUT2D eigenvalue weighted by Crippen LogP contribution is 2.00. The molecular weight excluding hydrogens is 220 g/mol. The van der Waals surface area contributed by atoms with Crippen LogP contribution in [0.1, 0.15) is 51.4 Å². The number of carboxylic acid groups (broad SMARTS) is 1. The van der Waals surface area contributed by atoms with Gasteiger partial charge >= 0.3 is 5.97 Å². The molecule has 0 aliphatic rings. The van der Waals surface area contributed by atoms with E-state index in [0.717, 1.165) is 38.6 Å². The summed E-state index contributed by atoms with van der Waals surface area (Å²) in [5.74, 6) is -0.647. The fourth-order valence-electron chi connectivity index (χ4n) is 1.53. The predicted molar refractivity (Wildman–Crippen MR) is 65.3 cm³/mol. The van der Waals surface area contributed by atoms with Gasteiger partial charge in [-0.25, -0.2) is 0 Å². The lowest BCUT2D eigenvalue weighted by molar-refractivity contribution is -0.368. The van der Waals surface area contributed by atoms with E-state index < -0.39 is 5.97 Å². The average molecular weight is 245 g/mol. The summed E-state index contributed by atoms with van der Waals surface area (Å²) in [4.78, 5) is 21.6. The van der Waals surface area contributed by atoms with E-state index in [0.29, 0.717) is 19.4 Å². The third kappa shape index (κ3) is 12.8. The molecule has 0 rings (SSSR count). The molecule has 5 nitrogen and oxygen atoms in total. The molecule has 5 heteroatoms. The van der Waals surface area contributed by atoms with Crippen LogP contribution >= 0.6 is 0 Å². The van der Waals surface area contributed by atoms with Gasteiger partial charge in [0.1, 0.15) is 0 Å². The zero-order valence-corrected chi connectivity index (χ0v) is 10.5. The van der Waals surface area contributed by atoms with E-state index >= 15 is 0 Å². The minimum atomic E-state index is -0.751. The normalized spacial score (nSPS) is 10.2. The predicted octanol–water partition coefficient (Wildman–Crippen LogP) is 0.550.